The van der Waals surface area contributed by atoms with Crippen LogP contribution in [0.1, 0.15) is 40.2 Å². The van der Waals surface area contributed by atoms with Gasteiger partial charge in [-0.25, -0.2) is 9.59 Å². The maximum Gasteiger partial charge on any atom is 0.350 e. The molecule has 1 saturated heterocycles. The zero-order valence-electron chi connectivity index (χ0n) is 21.4. The number of carbonyl (C=O) groups excluding carboxylic acids is 4. The van der Waals surface area contributed by atoms with Gasteiger partial charge in [0.05, 0.1) is 26.4 Å². The summed E-state index contributed by atoms with van der Waals surface area (Å²) in [7, 11) is 0. The first-order chi connectivity index (χ1) is 17.0. The molecule has 36 heavy (non-hydrogen) atoms. The lowest BCUT2D eigenvalue weighted by molar-refractivity contribution is -0.201. The minimum atomic E-state index is -2.17. The van der Waals surface area contributed by atoms with E-state index in [1.54, 1.807) is 51.1 Å². The van der Waals surface area contributed by atoms with Crippen molar-refractivity contribution in [3.05, 3.63) is 48.0 Å². The van der Waals surface area contributed by atoms with Gasteiger partial charge in [-0.05, 0) is 31.9 Å². The predicted molar refractivity (Wildman–Crippen MR) is 127 cm³/mol. The van der Waals surface area contributed by atoms with Gasteiger partial charge in [-0.3, -0.25) is 9.59 Å². The van der Waals surface area contributed by atoms with Gasteiger partial charge < -0.3 is 28.4 Å². The Bertz CT molecular complexity index is 939. The molecule has 10 nitrogen and oxygen atoms in total. The second-order valence-corrected chi connectivity index (χ2v) is 8.33. The number of ether oxygens (including phenoxy) is 6. The van der Waals surface area contributed by atoms with Crippen LogP contribution < -0.4 is 0 Å². The molecule has 0 N–H and O–H groups in total. The average Bonchev–Trinajstić information content (AvgIpc) is 3.14. The minimum absolute atomic E-state index is 0.00422. The average molecular weight is 507 g/mol. The highest BCUT2D eigenvalue weighted by atomic mass is 16.7. The third kappa shape index (κ3) is 6.30. The maximum atomic E-state index is 13.2. The van der Waals surface area contributed by atoms with E-state index < -0.39 is 53.9 Å². The van der Waals surface area contributed by atoms with Crippen LogP contribution >= 0.6 is 0 Å². The maximum absolute atomic E-state index is 13.2. The molecular weight excluding hydrogens is 472 g/mol. The number of carbonyl (C=O) groups is 4. The Morgan fingerprint density at radius 1 is 1.00 bits per heavy atom. The van der Waals surface area contributed by atoms with Crippen LogP contribution in [0.15, 0.2) is 42.5 Å². The fraction of sp³-hybridized carbons (Fsp3) is 0.538. The van der Waals surface area contributed by atoms with Gasteiger partial charge in [0, 0.05) is 20.3 Å². The lowest BCUT2D eigenvalue weighted by Crippen LogP contribution is -2.58. The van der Waals surface area contributed by atoms with Crippen LogP contribution in [0, 0.1) is 0 Å². The fourth-order valence-corrected chi connectivity index (χ4v) is 4.15. The molecule has 0 unspecified atom stereocenters. The van der Waals surface area contributed by atoms with Crippen LogP contribution in [0.5, 0.6) is 0 Å². The van der Waals surface area contributed by atoms with Crippen LogP contribution in [0.4, 0.5) is 0 Å². The normalized spacial score (nSPS) is 21.4. The lowest BCUT2D eigenvalue weighted by atomic mass is 9.85. The number of esters is 4. The summed E-state index contributed by atoms with van der Waals surface area (Å²) >= 11 is 0. The minimum Gasteiger partial charge on any atom is -0.463 e. The second-order valence-electron chi connectivity index (χ2n) is 8.33. The van der Waals surface area contributed by atoms with Crippen molar-refractivity contribution in [1.82, 2.24) is 0 Å². The summed E-state index contributed by atoms with van der Waals surface area (Å²) in [5.74, 6) is -3.15. The Morgan fingerprint density at radius 3 is 2.06 bits per heavy atom. The smallest absolute Gasteiger partial charge is 0.350 e. The van der Waals surface area contributed by atoms with E-state index in [9.17, 15) is 19.2 Å². The molecule has 1 aromatic rings. The molecule has 0 aromatic heterocycles. The van der Waals surface area contributed by atoms with E-state index in [4.69, 9.17) is 28.4 Å². The summed E-state index contributed by atoms with van der Waals surface area (Å²) in [6.07, 6.45) is -2.26. The quantitative estimate of drug-likeness (QED) is 0.181. The molecule has 198 valence electrons. The Morgan fingerprint density at radius 2 is 1.58 bits per heavy atom. The molecule has 0 radical (unpaired) electrons. The van der Waals surface area contributed by atoms with Gasteiger partial charge in [0.15, 0.2) is 11.7 Å². The first-order valence-corrected chi connectivity index (χ1v) is 11.7. The third-order valence-electron chi connectivity index (χ3n) is 5.68. The molecule has 1 fully saturated rings. The predicted octanol–water partition coefficient (Wildman–Crippen LogP) is 2.32. The molecule has 0 amide bonds. The van der Waals surface area contributed by atoms with Crippen molar-refractivity contribution in [3.8, 4) is 0 Å². The number of rotatable bonds is 12. The van der Waals surface area contributed by atoms with Gasteiger partial charge in [0.2, 0.25) is 0 Å². The van der Waals surface area contributed by atoms with Gasteiger partial charge in [-0.15, -0.1) is 0 Å². The first kappa shape index (κ1) is 29.0. The van der Waals surface area contributed by atoms with Gasteiger partial charge >= 0.3 is 23.9 Å². The highest BCUT2D eigenvalue weighted by molar-refractivity contribution is 6.04. The highest BCUT2D eigenvalue weighted by Gasteiger charge is 2.59. The monoisotopic (exact) mass is 506 g/mol. The molecule has 0 aliphatic carbocycles. The summed E-state index contributed by atoms with van der Waals surface area (Å²) in [4.78, 5) is 50.2. The fourth-order valence-electron chi connectivity index (χ4n) is 4.15. The van der Waals surface area contributed by atoms with Crippen molar-refractivity contribution in [1.29, 1.82) is 0 Å². The number of hydrogen-bond donors (Lipinski definition) is 0. The van der Waals surface area contributed by atoms with Gasteiger partial charge in [-0.2, -0.15) is 0 Å². The SMILES string of the molecule is C=C(C)[C@]1(OC(C)=O)[C@@H](OC(C)=O)CO[C@@H]1COC(Cc1ccccc1)(C(=O)OCC)C(=O)OCC. The zero-order valence-corrected chi connectivity index (χ0v) is 21.4. The molecule has 1 aromatic carbocycles. The summed E-state index contributed by atoms with van der Waals surface area (Å²) in [6.45, 7) is 10.6. The molecule has 10 heteroatoms. The van der Waals surface area contributed by atoms with Crippen molar-refractivity contribution in [2.45, 2.75) is 64.4 Å². The van der Waals surface area contributed by atoms with Crippen LogP contribution in [0.25, 0.3) is 0 Å². The molecule has 0 bridgehead atoms. The Balaban J connectivity index is 2.51. The van der Waals surface area contributed by atoms with Gasteiger partial charge in [-0.1, -0.05) is 36.9 Å². The lowest BCUT2D eigenvalue weighted by Gasteiger charge is -2.38. The summed E-state index contributed by atoms with van der Waals surface area (Å²) in [5.41, 5.74) is -2.84. The van der Waals surface area contributed by atoms with Crippen molar-refractivity contribution in [2.75, 3.05) is 26.4 Å². The van der Waals surface area contributed by atoms with E-state index in [1.165, 1.54) is 13.8 Å². The van der Waals surface area contributed by atoms with Crippen LogP contribution in [-0.2, 0) is 54.0 Å². The molecule has 0 spiro atoms. The summed E-state index contributed by atoms with van der Waals surface area (Å²) < 4.78 is 33.3. The molecule has 3 atom stereocenters. The van der Waals surface area contributed by atoms with Crippen LogP contribution in [0.3, 0.4) is 0 Å². The molecule has 2 rings (SSSR count). The van der Waals surface area contributed by atoms with Crippen LogP contribution in [-0.4, -0.2) is 73.7 Å². The molecule has 1 heterocycles. The Labute approximate surface area is 210 Å². The largest absolute Gasteiger partial charge is 0.463 e. The molecule has 1 aliphatic rings. The highest BCUT2D eigenvalue weighted by Crippen LogP contribution is 2.39. The molecule has 1 aliphatic heterocycles. The summed E-state index contributed by atoms with van der Waals surface area (Å²) in [6, 6.07) is 8.77. The Hall–Kier alpha value is -3.24. The van der Waals surface area contributed by atoms with Gasteiger partial charge in [0.25, 0.3) is 5.60 Å². The summed E-state index contributed by atoms with van der Waals surface area (Å²) in [5, 5.41) is 0. The standard InChI is InChI=1S/C26H34O10/c1-7-31-23(29)25(24(30)32-8-2,14-20-12-10-9-11-13-20)34-16-21-26(17(3)4,36-19(6)28)22(15-33-21)35-18(5)27/h9-13,21-22H,3,7-8,14-16H2,1-2,4-6H3/t21-,22+,26-/m1/s1. The number of benzene rings is 1. The zero-order chi connectivity index (χ0) is 26.9. The molecule has 0 saturated carbocycles. The first-order valence-electron chi connectivity index (χ1n) is 11.7. The van der Waals surface area contributed by atoms with Crippen LogP contribution in [0.2, 0.25) is 0 Å². The van der Waals surface area contributed by atoms with Crippen molar-refractivity contribution < 1.29 is 47.6 Å². The van der Waals surface area contributed by atoms with Crippen molar-refractivity contribution >= 4 is 23.9 Å². The van der Waals surface area contributed by atoms with Crippen molar-refractivity contribution in [2.24, 2.45) is 0 Å². The van der Waals surface area contributed by atoms with E-state index in [0.29, 0.717) is 11.1 Å². The molecular formula is C26H34O10. The van der Waals surface area contributed by atoms with E-state index in [0.717, 1.165) is 0 Å². The van der Waals surface area contributed by atoms with E-state index >= 15 is 0 Å². The topological polar surface area (TPSA) is 124 Å². The second kappa shape index (κ2) is 12.6. The third-order valence-corrected chi connectivity index (χ3v) is 5.68. The Kier molecular flexibility index (Phi) is 10.2. The van der Waals surface area contributed by atoms with E-state index in [-0.39, 0.29) is 26.2 Å². The number of hydrogen-bond acceptors (Lipinski definition) is 10. The van der Waals surface area contributed by atoms with Gasteiger partial charge in [0.1, 0.15) is 6.10 Å². The van der Waals surface area contributed by atoms with E-state index in [1.807, 2.05) is 0 Å². The van der Waals surface area contributed by atoms with E-state index in [2.05, 4.69) is 6.58 Å². The van der Waals surface area contributed by atoms with Crippen molar-refractivity contribution in [3.63, 3.8) is 0 Å².